The smallest absolute Gasteiger partial charge is 0.235 e. The summed E-state index contributed by atoms with van der Waals surface area (Å²) in [6.45, 7) is 7.57. The van der Waals surface area contributed by atoms with E-state index in [1.54, 1.807) is 0 Å². The monoisotopic (exact) mass is 187 g/mol. The quantitative estimate of drug-likeness (QED) is 0.325. The molecule has 0 aromatic heterocycles. The van der Waals surface area contributed by atoms with Crippen LogP contribution in [0.4, 0.5) is 0 Å². The molecule has 0 bridgehead atoms. The molecule has 0 atom stereocenters. The van der Waals surface area contributed by atoms with Gasteiger partial charge in [-0.15, -0.1) is 0 Å². The molecule has 0 saturated heterocycles. The molecule has 3 N–H and O–H groups in total. The molecule has 68 valence electrons. The van der Waals surface area contributed by atoms with Gasteiger partial charge in [0, 0.05) is 13.5 Å². The molecule has 0 spiro atoms. The summed E-state index contributed by atoms with van der Waals surface area (Å²) < 4.78 is 0. The summed E-state index contributed by atoms with van der Waals surface area (Å²) in [5, 5.41) is 3.23. The largest absolute Gasteiger partial charge is 0.358 e. The van der Waals surface area contributed by atoms with Gasteiger partial charge in [-0.25, -0.2) is 0 Å². The molecule has 4 nitrogen and oxygen atoms in total. The van der Waals surface area contributed by atoms with Crippen molar-refractivity contribution >= 4 is 23.2 Å². The number of amides is 1. The lowest BCUT2D eigenvalue weighted by molar-refractivity contribution is -0.119. The van der Waals surface area contributed by atoms with E-state index in [1.165, 1.54) is 6.92 Å². The number of hydrogen-bond acceptors (Lipinski definition) is 2. The van der Waals surface area contributed by atoms with Crippen LogP contribution < -0.4 is 16.2 Å². The molecular formula is C7H13N3OS. The van der Waals surface area contributed by atoms with Crippen LogP contribution in [-0.4, -0.2) is 17.6 Å². The molecule has 0 aliphatic heterocycles. The molecule has 12 heavy (non-hydrogen) atoms. The maximum absolute atomic E-state index is 10.4. The second kappa shape index (κ2) is 5.54. The molecule has 0 unspecified atom stereocenters. The van der Waals surface area contributed by atoms with E-state index in [0.29, 0.717) is 11.7 Å². The normalized spacial score (nSPS) is 8.50. The van der Waals surface area contributed by atoms with E-state index in [2.05, 4.69) is 22.7 Å². The Morgan fingerprint density at radius 1 is 1.42 bits per heavy atom. The first-order valence-electron chi connectivity index (χ1n) is 3.47. The van der Waals surface area contributed by atoms with Gasteiger partial charge in [0.05, 0.1) is 0 Å². The number of carbonyl (C=O) groups excluding carboxylic acids is 1. The molecule has 1 amide bonds. The van der Waals surface area contributed by atoms with E-state index in [1.807, 2.05) is 6.92 Å². The first-order chi connectivity index (χ1) is 5.52. The van der Waals surface area contributed by atoms with Gasteiger partial charge in [-0.05, 0) is 19.1 Å². The van der Waals surface area contributed by atoms with Gasteiger partial charge >= 0.3 is 0 Å². The Morgan fingerprint density at radius 3 is 2.42 bits per heavy atom. The fourth-order valence-corrected chi connectivity index (χ4v) is 0.543. The minimum Gasteiger partial charge on any atom is -0.358 e. The lowest BCUT2D eigenvalue weighted by atomic mass is 10.4. The predicted octanol–water partition coefficient (Wildman–Crippen LogP) is 0.0777. The summed E-state index contributed by atoms with van der Waals surface area (Å²) in [7, 11) is 0. The molecule has 0 heterocycles. The van der Waals surface area contributed by atoms with Crippen LogP contribution in [0, 0.1) is 0 Å². The first kappa shape index (κ1) is 10.9. The van der Waals surface area contributed by atoms with Gasteiger partial charge in [-0.3, -0.25) is 15.6 Å². The summed E-state index contributed by atoms with van der Waals surface area (Å²) in [5.74, 6) is -0.186. The summed E-state index contributed by atoms with van der Waals surface area (Å²) in [6, 6.07) is 0. The molecule has 0 aromatic carbocycles. The number of rotatable bonds is 2. The van der Waals surface area contributed by atoms with Crippen LogP contribution in [0.3, 0.4) is 0 Å². The Hall–Kier alpha value is -1.10. The number of hydrogen-bond donors (Lipinski definition) is 3. The minimum absolute atomic E-state index is 0.186. The van der Waals surface area contributed by atoms with E-state index in [4.69, 9.17) is 12.2 Å². The Kier molecular flexibility index (Phi) is 5.03. The van der Waals surface area contributed by atoms with E-state index in [0.717, 1.165) is 5.57 Å². The number of nitrogens with one attached hydrogen (secondary N) is 3. The van der Waals surface area contributed by atoms with Crippen LogP contribution in [0.25, 0.3) is 0 Å². The van der Waals surface area contributed by atoms with Crippen molar-refractivity contribution in [2.75, 3.05) is 6.54 Å². The highest BCUT2D eigenvalue weighted by Crippen LogP contribution is 1.80. The Labute approximate surface area is 77.4 Å². The van der Waals surface area contributed by atoms with Crippen molar-refractivity contribution in [3.8, 4) is 0 Å². The summed E-state index contributed by atoms with van der Waals surface area (Å²) >= 11 is 4.81. The van der Waals surface area contributed by atoms with Crippen LogP contribution in [0.2, 0.25) is 0 Å². The molecule has 5 heteroatoms. The number of carbonyl (C=O) groups is 1. The highest BCUT2D eigenvalue weighted by molar-refractivity contribution is 7.80. The number of thiocarbonyl (C=S) groups is 1. The minimum atomic E-state index is -0.186. The van der Waals surface area contributed by atoms with E-state index in [9.17, 15) is 4.79 Å². The Bertz CT molecular complexity index is 183. The molecule has 0 rings (SSSR count). The maximum atomic E-state index is 10.4. The fourth-order valence-electron chi connectivity index (χ4n) is 0.420. The third-order valence-electron chi connectivity index (χ3n) is 0.903. The lowest BCUT2D eigenvalue weighted by Crippen LogP contribution is -2.46. The van der Waals surface area contributed by atoms with Crippen LogP contribution in [0.15, 0.2) is 12.2 Å². The van der Waals surface area contributed by atoms with Crippen molar-refractivity contribution in [3.63, 3.8) is 0 Å². The van der Waals surface area contributed by atoms with E-state index in [-0.39, 0.29) is 5.91 Å². The van der Waals surface area contributed by atoms with E-state index >= 15 is 0 Å². The average molecular weight is 187 g/mol. The SMILES string of the molecule is C=C(C)CNC(=S)NNC(C)=O. The van der Waals surface area contributed by atoms with Crippen molar-refractivity contribution < 1.29 is 4.79 Å². The van der Waals surface area contributed by atoms with Gasteiger partial charge in [-0.1, -0.05) is 12.2 Å². The van der Waals surface area contributed by atoms with Gasteiger partial charge in [0.25, 0.3) is 0 Å². The van der Waals surface area contributed by atoms with Gasteiger partial charge in [0.2, 0.25) is 5.91 Å². The molecule has 0 aromatic rings. The van der Waals surface area contributed by atoms with Crippen molar-refractivity contribution in [2.45, 2.75) is 13.8 Å². The summed E-state index contributed by atoms with van der Waals surface area (Å²) in [6.07, 6.45) is 0. The van der Waals surface area contributed by atoms with Gasteiger partial charge < -0.3 is 5.32 Å². The summed E-state index contributed by atoms with van der Waals surface area (Å²) in [4.78, 5) is 10.4. The third-order valence-corrected chi connectivity index (χ3v) is 1.15. The first-order valence-corrected chi connectivity index (χ1v) is 3.88. The zero-order valence-corrected chi connectivity index (χ0v) is 8.05. The molecule has 0 aliphatic rings. The van der Waals surface area contributed by atoms with E-state index < -0.39 is 0 Å². The molecule has 0 saturated carbocycles. The Balaban J connectivity index is 3.47. The Morgan fingerprint density at radius 2 is 2.00 bits per heavy atom. The second-order valence-corrected chi connectivity index (χ2v) is 2.85. The van der Waals surface area contributed by atoms with Gasteiger partial charge in [-0.2, -0.15) is 0 Å². The van der Waals surface area contributed by atoms with Crippen LogP contribution in [0.5, 0.6) is 0 Å². The van der Waals surface area contributed by atoms with Gasteiger partial charge in [0.15, 0.2) is 5.11 Å². The highest BCUT2D eigenvalue weighted by atomic mass is 32.1. The standard InChI is InChI=1S/C7H13N3OS/c1-5(2)4-8-7(12)10-9-6(3)11/h1,4H2,2-3H3,(H,9,11)(H2,8,10,12). The third kappa shape index (κ3) is 7.01. The van der Waals surface area contributed by atoms with Crippen molar-refractivity contribution in [1.29, 1.82) is 0 Å². The topological polar surface area (TPSA) is 53.2 Å². The zero-order valence-electron chi connectivity index (χ0n) is 7.23. The summed E-state index contributed by atoms with van der Waals surface area (Å²) in [5.41, 5.74) is 5.84. The van der Waals surface area contributed by atoms with Crippen LogP contribution in [0.1, 0.15) is 13.8 Å². The lowest BCUT2D eigenvalue weighted by Gasteiger charge is -2.09. The average Bonchev–Trinajstić information content (AvgIpc) is 1.96. The second-order valence-electron chi connectivity index (χ2n) is 2.45. The fraction of sp³-hybridized carbons (Fsp3) is 0.429. The molecule has 0 aliphatic carbocycles. The highest BCUT2D eigenvalue weighted by Gasteiger charge is 1.94. The molecule has 0 fully saturated rings. The van der Waals surface area contributed by atoms with Crippen LogP contribution >= 0.6 is 12.2 Å². The van der Waals surface area contributed by atoms with Crippen molar-refractivity contribution in [3.05, 3.63) is 12.2 Å². The van der Waals surface area contributed by atoms with Crippen LogP contribution in [-0.2, 0) is 4.79 Å². The maximum Gasteiger partial charge on any atom is 0.235 e. The molecule has 0 radical (unpaired) electrons. The number of hydrazine groups is 1. The van der Waals surface area contributed by atoms with Crippen molar-refractivity contribution in [1.82, 2.24) is 16.2 Å². The predicted molar refractivity (Wildman–Crippen MR) is 52.4 cm³/mol. The van der Waals surface area contributed by atoms with Gasteiger partial charge in [0.1, 0.15) is 0 Å². The van der Waals surface area contributed by atoms with Crippen molar-refractivity contribution in [2.24, 2.45) is 0 Å². The zero-order chi connectivity index (χ0) is 9.56. The molecular weight excluding hydrogens is 174 g/mol.